The van der Waals surface area contributed by atoms with Crippen LogP contribution in [-0.4, -0.2) is 29.7 Å². The number of rotatable bonds is 1. The summed E-state index contributed by atoms with van der Waals surface area (Å²) in [6, 6.07) is 5.31. The number of hydrogen-bond acceptors (Lipinski definition) is 2. The van der Waals surface area contributed by atoms with Crippen molar-refractivity contribution in [2.24, 2.45) is 0 Å². The van der Waals surface area contributed by atoms with Crippen molar-refractivity contribution in [3.63, 3.8) is 0 Å². The molecule has 0 atom stereocenters. The van der Waals surface area contributed by atoms with Gasteiger partial charge in [0.2, 0.25) is 0 Å². The van der Waals surface area contributed by atoms with Gasteiger partial charge in [0.15, 0.2) is 0 Å². The van der Waals surface area contributed by atoms with Gasteiger partial charge in [-0.1, -0.05) is 17.7 Å². The molecule has 90 valence electrons. The van der Waals surface area contributed by atoms with Gasteiger partial charge in [0.25, 0.3) is 5.91 Å². The molecule has 4 heteroatoms. The second kappa shape index (κ2) is 4.88. The molecule has 17 heavy (non-hydrogen) atoms. The maximum absolute atomic E-state index is 12.1. The molecule has 0 unspecified atom stereocenters. The van der Waals surface area contributed by atoms with Crippen LogP contribution in [0.3, 0.4) is 0 Å². The normalized spacial score (nSPS) is 16.1. The van der Waals surface area contributed by atoms with Gasteiger partial charge in [0.05, 0.1) is 0 Å². The molecule has 1 aliphatic rings. The van der Waals surface area contributed by atoms with E-state index in [0.717, 1.165) is 5.56 Å². The van der Waals surface area contributed by atoms with E-state index in [1.54, 1.807) is 17.0 Å². The quantitative estimate of drug-likeness (QED) is 0.769. The predicted octanol–water partition coefficient (Wildman–Crippen LogP) is 2.45. The number of carbonyl (C=O) groups excluding carboxylic acids is 2. The van der Waals surface area contributed by atoms with Crippen LogP contribution in [0.5, 0.6) is 0 Å². The average Bonchev–Trinajstić information content (AvgIpc) is 2.33. The number of piperidine rings is 1. The standard InChI is InChI=1S/C13H14ClNO2/c1-9-2-3-10(8-12(9)14)13(17)15-6-4-11(16)5-7-15/h2-3,8H,4-7H2,1H3. The Morgan fingerprint density at radius 3 is 2.53 bits per heavy atom. The Hall–Kier alpha value is -1.35. The maximum Gasteiger partial charge on any atom is 0.253 e. The lowest BCUT2D eigenvalue weighted by Gasteiger charge is -2.26. The number of carbonyl (C=O) groups is 2. The minimum Gasteiger partial charge on any atom is -0.338 e. The minimum absolute atomic E-state index is 0.0422. The van der Waals surface area contributed by atoms with Gasteiger partial charge in [-0.05, 0) is 24.6 Å². The molecule has 0 bridgehead atoms. The summed E-state index contributed by atoms with van der Waals surface area (Å²) >= 11 is 6.00. The molecule has 3 nitrogen and oxygen atoms in total. The number of amides is 1. The van der Waals surface area contributed by atoms with Gasteiger partial charge < -0.3 is 4.90 Å². The Kier molecular flexibility index (Phi) is 3.48. The zero-order valence-electron chi connectivity index (χ0n) is 9.70. The summed E-state index contributed by atoms with van der Waals surface area (Å²) in [6.07, 6.45) is 0.927. The van der Waals surface area contributed by atoms with Crippen LogP contribution in [0.1, 0.15) is 28.8 Å². The number of halogens is 1. The van der Waals surface area contributed by atoms with Crippen LogP contribution in [0.2, 0.25) is 5.02 Å². The third-order valence-corrected chi connectivity index (χ3v) is 3.43. The second-order valence-electron chi connectivity index (χ2n) is 4.29. The lowest BCUT2D eigenvalue weighted by Crippen LogP contribution is -2.38. The van der Waals surface area contributed by atoms with E-state index in [-0.39, 0.29) is 11.7 Å². The summed E-state index contributed by atoms with van der Waals surface area (Å²) in [4.78, 5) is 24.9. The van der Waals surface area contributed by atoms with Crippen molar-refractivity contribution < 1.29 is 9.59 Å². The predicted molar refractivity (Wildman–Crippen MR) is 66.3 cm³/mol. The summed E-state index contributed by atoms with van der Waals surface area (Å²) in [5.74, 6) is 0.190. The van der Waals surface area contributed by atoms with Crippen LogP contribution in [0, 0.1) is 6.92 Å². The summed E-state index contributed by atoms with van der Waals surface area (Å²) in [5.41, 5.74) is 1.55. The molecule has 1 saturated heterocycles. The Morgan fingerprint density at radius 1 is 1.29 bits per heavy atom. The highest BCUT2D eigenvalue weighted by Gasteiger charge is 2.21. The Labute approximate surface area is 105 Å². The molecule has 0 saturated carbocycles. The molecule has 0 radical (unpaired) electrons. The van der Waals surface area contributed by atoms with E-state index in [0.29, 0.717) is 36.5 Å². The van der Waals surface area contributed by atoms with Crippen molar-refractivity contribution >= 4 is 23.3 Å². The van der Waals surface area contributed by atoms with E-state index in [1.165, 1.54) is 0 Å². The fourth-order valence-corrected chi connectivity index (χ4v) is 2.05. The van der Waals surface area contributed by atoms with Crippen LogP contribution in [0.4, 0.5) is 0 Å². The number of aryl methyl sites for hydroxylation is 1. The summed E-state index contributed by atoms with van der Waals surface area (Å²) in [7, 11) is 0. The first kappa shape index (κ1) is 12.1. The zero-order valence-corrected chi connectivity index (χ0v) is 10.5. The zero-order chi connectivity index (χ0) is 12.4. The highest BCUT2D eigenvalue weighted by atomic mass is 35.5. The largest absolute Gasteiger partial charge is 0.338 e. The van der Waals surface area contributed by atoms with Crippen molar-refractivity contribution in [2.45, 2.75) is 19.8 Å². The van der Waals surface area contributed by atoms with Crippen molar-refractivity contribution in [1.82, 2.24) is 4.90 Å². The first-order valence-electron chi connectivity index (χ1n) is 5.65. The highest BCUT2D eigenvalue weighted by Crippen LogP contribution is 2.19. The molecule has 2 rings (SSSR count). The summed E-state index contributed by atoms with van der Waals surface area (Å²) in [6.45, 7) is 2.93. The molecular weight excluding hydrogens is 238 g/mol. The molecule has 1 aromatic rings. The molecule has 0 aliphatic carbocycles. The van der Waals surface area contributed by atoms with Crippen molar-refractivity contribution in [3.8, 4) is 0 Å². The van der Waals surface area contributed by atoms with Crippen LogP contribution in [-0.2, 0) is 4.79 Å². The molecule has 0 spiro atoms. The third kappa shape index (κ3) is 2.67. The number of ketones is 1. The highest BCUT2D eigenvalue weighted by molar-refractivity contribution is 6.31. The molecule has 1 amide bonds. The number of nitrogens with zero attached hydrogens (tertiary/aromatic N) is 1. The second-order valence-corrected chi connectivity index (χ2v) is 4.70. The van der Waals surface area contributed by atoms with Crippen LogP contribution in [0.25, 0.3) is 0 Å². The van der Waals surface area contributed by atoms with Gasteiger partial charge >= 0.3 is 0 Å². The van der Waals surface area contributed by atoms with E-state index >= 15 is 0 Å². The maximum atomic E-state index is 12.1. The number of benzene rings is 1. The first-order valence-corrected chi connectivity index (χ1v) is 6.03. The molecule has 1 heterocycles. The van der Waals surface area contributed by atoms with Gasteiger partial charge in [-0.3, -0.25) is 9.59 Å². The van der Waals surface area contributed by atoms with Crippen molar-refractivity contribution in [2.75, 3.05) is 13.1 Å². The van der Waals surface area contributed by atoms with E-state index in [9.17, 15) is 9.59 Å². The fourth-order valence-electron chi connectivity index (χ4n) is 1.87. The number of likely N-dealkylation sites (tertiary alicyclic amines) is 1. The van der Waals surface area contributed by atoms with Gasteiger partial charge in [0.1, 0.15) is 5.78 Å². The van der Waals surface area contributed by atoms with Crippen LogP contribution in [0.15, 0.2) is 18.2 Å². The Bertz CT molecular complexity index is 460. The van der Waals surface area contributed by atoms with Crippen molar-refractivity contribution in [3.05, 3.63) is 34.3 Å². The van der Waals surface area contributed by atoms with Gasteiger partial charge in [0, 0.05) is 36.5 Å². The van der Waals surface area contributed by atoms with E-state index < -0.39 is 0 Å². The lowest BCUT2D eigenvalue weighted by molar-refractivity contribution is -0.120. The van der Waals surface area contributed by atoms with Gasteiger partial charge in [-0.15, -0.1) is 0 Å². The smallest absolute Gasteiger partial charge is 0.253 e. The Morgan fingerprint density at radius 2 is 1.94 bits per heavy atom. The molecule has 0 N–H and O–H groups in total. The van der Waals surface area contributed by atoms with E-state index in [4.69, 9.17) is 11.6 Å². The van der Waals surface area contributed by atoms with Gasteiger partial charge in [-0.25, -0.2) is 0 Å². The minimum atomic E-state index is -0.0422. The third-order valence-electron chi connectivity index (χ3n) is 3.03. The monoisotopic (exact) mass is 251 g/mol. The summed E-state index contributed by atoms with van der Waals surface area (Å²) in [5, 5.41) is 0.601. The van der Waals surface area contributed by atoms with Crippen molar-refractivity contribution in [1.29, 1.82) is 0 Å². The van der Waals surface area contributed by atoms with E-state index in [2.05, 4.69) is 0 Å². The SMILES string of the molecule is Cc1ccc(C(=O)N2CCC(=O)CC2)cc1Cl. The van der Waals surface area contributed by atoms with Crippen LogP contribution >= 0.6 is 11.6 Å². The fraction of sp³-hybridized carbons (Fsp3) is 0.385. The van der Waals surface area contributed by atoms with Gasteiger partial charge in [-0.2, -0.15) is 0 Å². The molecule has 1 aromatic carbocycles. The van der Waals surface area contributed by atoms with Crippen LogP contribution < -0.4 is 0 Å². The first-order chi connectivity index (χ1) is 8.08. The topological polar surface area (TPSA) is 37.4 Å². The lowest BCUT2D eigenvalue weighted by atomic mass is 10.1. The average molecular weight is 252 g/mol. The molecule has 1 aliphatic heterocycles. The molecular formula is C13H14ClNO2. The number of hydrogen-bond donors (Lipinski definition) is 0. The summed E-state index contributed by atoms with van der Waals surface area (Å²) < 4.78 is 0. The molecule has 0 aromatic heterocycles. The van der Waals surface area contributed by atoms with E-state index in [1.807, 2.05) is 13.0 Å². The molecule has 1 fully saturated rings. The number of Topliss-reactive ketones (excluding diaryl/α,β-unsaturated/α-hetero) is 1. The Balaban J connectivity index is 2.14.